The Morgan fingerprint density at radius 2 is 2.29 bits per heavy atom. The molecule has 7 nitrogen and oxygen atoms in total. The third-order valence-electron chi connectivity index (χ3n) is 3.81. The summed E-state index contributed by atoms with van der Waals surface area (Å²) in [5.41, 5.74) is 5.42. The largest absolute Gasteiger partial charge is 0.364 e. The fraction of sp³-hybridized carbons (Fsp3) is 0.615. The molecule has 0 radical (unpaired) electrons. The lowest BCUT2D eigenvalue weighted by Gasteiger charge is -2.23. The number of aromatic nitrogens is 1. The van der Waals surface area contributed by atoms with Crippen LogP contribution in [0.25, 0.3) is 0 Å². The van der Waals surface area contributed by atoms with Gasteiger partial charge in [-0.15, -0.1) is 0 Å². The van der Waals surface area contributed by atoms with E-state index in [1.165, 1.54) is 21.1 Å². The summed E-state index contributed by atoms with van der Waals surface area (Å²) in [5.74, 6) is -0.639. The van der Waals surface area contributed by atoms with Gasteiger partial charge in [-0.1, -0.05) is 6.92 Å². The maximum atomic E-state index is 12.7. The van der Waals surface area contributed by atoms with Gasteiger partial charge < -0.3 is 15.6 Å². The summed E-state index contributed by atoms with van der Waals surface area (Å²) < 4.78 is 28.2. The maximum absolute atomic E-state index is 12.7. The molecule has 3 N–H and O–H groups in total. The molecule has 0 aliphatic carbocycles. The van der Waals surface area contributed by atoms with Crippen LogP contribution in [0.3, 0.4) is 0 Å². The Hall–Kier alpha value is -1.38. The second-order valence-corrected chi connectivity index (χ2v) is 7.22. The van der Waals surface area contributed by atoms with Crippen LogP contribution in [0.4, 0.5) is 0 Å². The van der Waals surface area contributed by atoms with E-state index in [4.69, 9.17) is 5.73 Å². The second kappa shape index (κ2) is 6.17. The molecule has 1 aliphatic heterocycles. The monoisotopic (exact) mass is 314 g/mol. The maximum Gasteiger partial charge on any atom is 0.265 e. The molecule has 21 heavy (non-hydrogen) atoms. The molecule has 1 amide bonds. The van der Waals surface area contributed by atoms with Crippen LogP contribution >= 0.6 is 0 Å². The van der Waals surface area contributed by atoms with Gasteiger partial charge in [-0.3, -0.25) is 4.79 Å². The molecule has 1 aliphatic rings. The Morgan fingerprint density at radius 3 is 2.76 bits per heavy atom. The van der Waals surface area contributed by atoms with Gasteiger partial charge in [0.1, 0.15) is 10.6 Å². The Morgan fingerprint density at radius 1 is 1.57 bits per heavy atom. The van der Waals surface area contributed by atoms with Crippen LogP contribution in [0.2, 0.25) is 0 Å². The number of nitrogens with zero attached hydrogens (tertiary/aromatic N) is 2. The van der Waals surface area contributed by atoms with Crippen LogP contribution in [0.5, 0.6) is 0 Å². The van der Waals surface area contributed by atoms with Gasteiger partial charge in [0.25, 0.3) is 5.91 Å². The van der Waals surface area contributed by atoms with E-state index in [0.717, 1.165) is 19.4 Å². The number of primary amides is 1. The van der Waals surface area contributed by atoms with Gasteiger partial charge >= 0.3 is 0 Å². The number of carbonyl (C=O) groups excluding carboxylic acids is 1. The number of likely N-dealkylation sites (N-methyl/N-ethyl adjacent to an activating group) is 1. The highest BCUT2D eigenvalue weighted by molar-refractivity contribution is 7.89. The minimum atomic E-state index is -3.61. The van der Waals surface area contributed by atoms with Crippen molar-refractivity contribution < 1.29 is 13.2 Å². The van der Waals surface area contributed by atoms with E-state index in [2.05, 4.69) is 5.32 Å². The van der Waals surface area contributed by atoms with Crippen molar-refractivity contribution in [1.82, 2.24) is 14.2 Å². The molecule has 1 atom stereocenters. The summed E-state index contributed by atoms with van der Waals surface area (Å²) in [6, 6.07) is 1.53. The standard InChI is InChI=1S/C13H22N4O3S/c1-3-17(8-10-5-4-6-15-10)21(19,20)11-7-12(13(14)18)16(2)9-11/h7,9-10,15H,3-6,8H2,1-2H3,(H2,14,18). The zero-order chi connectivity index (χ0) is 15.6. The van der Waals surface area contributed by atoms with Crippen LogP contribution in [0, 0.1) is 0 Å². The molecule has 0 aromatic carbocycles. The first kappa shape index (κ1) is 16.0. The van der Waals surface area contributed by atoms with E-state index in [9.17, 15) is 13.2 Å². The molecule has 0 spiro atoms. The van der Waals surface area contributed by atoms with E-state index in [1.54, 1.807) is 7.05 Å². The van der Waals surface area contributed by atoms with Crippen LogP contribution in [0.15, 0.2) is 17.2 Å². The SMILES string of the molecule is CCN(CC1CCCN1)S(=O)(=O)c1cc(C(N)=O)n(C)c1. The molecule has 0 saturated carbocycles. The fourth-order valence-electron chi connectivity index (χ4n) is 2.62. The van der Waals surface area contributed by atoms with Gasteiger partial charge in [0.05, 0.1) is 0 Å². The molecule has 1 fully saturated rings. The molecule has 8 heteroatoms. The van der Waals surface area contributed by atoms with Crippen molar-refractivity contribution in [3.63, 3.8) is 0 Å². The van der Waals surface area contributed by atoms with E-state index in [0.29, 0.717) is 13.1 Å². The Bertz CT molecular complexity index is 617. The van der Waals surface area contributed by atoms with Crippen molar-refractivity contribution in [2.45, 2.75) is 30.7 Å². The zero-order valence-corrected chi connectivity index (χ0v) is 13.2. The minimum Gasteiger partial charge on any atom is -0.364 e. The summed E-state index contributed by atoms with van der Waals surface area (Å²) in [6.07, 6.45) is 3.48. The average molecular weight is 314 g/mol. The number of aryl methyl sites for hydroxylation is 1. The number of amides is 1. The molecule has 1 saturated heterocycles. The smallest absolute Gasteiger partial charge is 0.265 e. The highest BCUT2D eigenvalue weighted by Gasteiger charge is 2.29. The second-order valence-electron chi connectivity index (χ2n) is 5.29. The number of nitrogens with two attached hydrogens (primary N) is 1. The van der Waals surface area contributed by atoms with Gasteiger partial charge in [-0.2, -0.15) is 4.31 Å². The predicted octanol–water partition coefficient (Wildman–Crippen LogP) is -0.113. The number of nitrogens with one attached hydrogen (secondary N) is 1. The number of sulfonamides is 1. The first-order valence-corrected chi connectivity index (χ1v) is 8.50. The van der Waals surface area contributed by atoms with Crippen molar-refractivity contribution in [3.8, 4) is 0 Å². The molecule has 2 heterocycles. The van der Waals surface area contributed by atoms with Gasteiger partial charge in [0.15, 0.2) is 0 Å². The lowest BCUT2D eigenvalue weighted by Crippen LogP contribution is -2.40. The van der Waals surface area contributed by atoms with Crippen LogP contribution < -0.4 is 11.1 Å². The van der Waals surface area contributed by atoms with Gasteiger partial charge in [0.2, 0.25) is 10.0 Å². The zero-order valence-electron chi connectivity index (χ0n) is 12.4. The summed E-state index contributed by atoms with van der Waals surface area (Å²) in [6.45, 7) is 3.57. The normalized spacial score (nSPS) is 19.3. The predicted molar refractivity (Wildman–Crippen MR) is 79.4 cm³/mol. The number of hydrogen-bond acceptors (Lipinski definition) is 4. The number of carbonyl (C=O) groups is 1. The third kappa shape index (κ3) is 3.28. The van der Waals surface area contributed by atoms with Crippen molar-refractivity contribution in [1.29, 1.82) is 0 Å². The molecule has 0 bridgehead atoms. The first-order chi connectivity index (χ1) is 9.86. The lowest BCUT2D eigenvalue weighted by atomic mass is 10.2. The minimum absolute atomic E-state index is 0.110. The third-order valence-corrected chi connectivity index (χ3v) is 5.72. The molecular weight excluding hydrogens is 292 g/mol. The molecular formula is C13H22N4O3S. The van der Waals surface area contributed by atoms with E-state index < -0.39 is 15.9 Å². The summed E-state index contributed by atoms with van der Waals surface area (Å²) in [5, 5.41) is 3.29. The Labute approximate surface area is 125 Å². The fourth-order valence-corrected chi connectivity index (χ4v) is 4.19. The van der Waals surface area contributed by atoms with Crippen molar-refractivity contribution in [2.75, 3.05) is 19.6 Å². The van der Waals surface area contributed by atoms with E-state index in [1.807, 2.05) is 6.92 Å². The van der Waals surface area contributed by atoms with Crippen molar-refractivity contribution in [2.24, 2.45) is 12.8 Å². The molecule has 1 aromatic heterocycles. The summed E-state index contributed by atoms with van der Waals surface area (Å²) >= 11 is 0. The van der Waals surface area contributed by atoms with Gasteiger partial charge in [0, 0.05) is 32.4 Å². The van der Waals surface area contributed by atoms with Crippen LogP contribution in [-0.2, 0) is 17.1 Å². The highest BCUT2D eigenvalue weighted by atomic mass is 32.2. The first-order valence-electron chi connectivity index (χ1n) is 7.06. The highest BCUT2D eigenvalue weighted by Crippen LogP contribution is 2.20. The summed E-state index contributed by atoms with van der Waals surface area (Å²) in [7, 11) is -2.00. The summed E-state index contributed by atoms with van der Waals surface area (Å²) in [4.78, 5) is 11.4. The molecule has 1 unspecified atom stereocenters. The molecule has 2 rings (SSSR count). The topological polar surface area (TPSA) is 97.4 Å². The quantitative estimate of drug-likeness (QED) is 0.765. The van der Waals surface area contributed by atoms with E-state index >= 15 is 0 Å². The molecule has 1 aromatic rings. The Kier molecular flexibility index (Phi) is 4.70. The van der Waals surface area contributed by atoms with Crippen LogP contribution in [0.1, 0.15) is 30.3 Å². The van der Waals surface area contributed by atoms with Gasteiger partial charge in [-0.25, -0.2) is 8.42 Å². The molecule has 118 valence electrons. The average Bonchev–Trinajstić information content (AvgIpc) is 3.04. The Balaban J connectivity index is 2.25. The van der Waals surface area contributed by atoms with Crippen molar-refractivity contribution >= 4 is 15.9 Å². The van der Waals surface area contributed by atoms with E-state index in [-0.39, 0.29) is 16.6 Å². The van der Waals surface area contributed by atoms with Crippen molar-refractivity contribution in [3.05, 3.63) is 18.0 Å². The number of rotatable bonds is 6. The van der Waals surface area contributed by atoms with Crippen LogP contribution in [-0.4, -0.2) is 48.9 Å². The lowest BCUT2D eigenvalue weighted by molar-refractivity contribution is 0.0992. The van der Waals surface area contributed by atoms with Gasteiger partial charge in [-0.05, 0) is 25.5 Å². The number of hydrogen-bond donors (Lipinski definition) is 2.